The van der Waals surface area contributed by atoms with Crippen molar-refractivity contribution in [3.05, 3.63) is 29.8 Å². The van der Waals surface area contributed by atoms with E-state index in [1.165, 1.54) is 0 Å². The van der Waals surface area contributed by atoms with Crippen molar-refractivity contribution in [2.45, 2.75) is 17.7 Å². The highest BCUT2D eigenvalue weighted by Gasteiger charge is 2.33. The molecule has 1 aromatic rings. The Hall–Kier alpha value is -1.54. The van der Waals surface area contributed by atoms with Crippen LogP contribution >= 0.6 is 0 Å². The topological polar surface area (TPSA) is 80.5 Å². The standard InChI is InChI=1S/C12H14F2N2O3S/c13-9-3-4-11(10(14)6-9)20(18,19)16-5-1-2-8(7-16)12(15)17/h3-4,6,8H,1-2,5,7H2,(H2,15,17). The molecule has 0 bridgehead atoms. The Balaban J connectivity index is 2.32. The first-order valence-electron chi connectivity index (χ1n) is 6.07. The van der Waals surface area contributed by atoms with E-state index in [2.05, 4.69) is 0 Å². The highest BCUT2D eigenvalue weighted by molar-refractivity contribution is 7.89. The maximum absolute atomic E-state index is 13.6. The molecular formula is C12H14F2N2O3S. The van der Waals surface area contributed by atoms with E-state index in [0.717, 1.165) is 16.4 Å². The molecule has 0 radical (unpaired) electrons. The van der Waals surface area contributed by atoms with Gasteiger partial charge in [0.2, 0.25) is 15.9 Å². The molecule has 1 saturated heterocycles. The minimum atomic E-state index is -4.09. The van der Waals surface area contributed by atoms with Gasteiger partial charge in [-0.2, -0.15) is 4.31 Å². The third-order valence-electron chi connectivity index (χ3n) is 3.30. The average molecular weight is 304 g/mol. The first-order chi connectivity index (χ1) is 9.32. The summed E-state index contributed by atoms with van der Waals surface area (Å²) >= 11 is 0. The monoisotopic (exact) mass is 304 g/mol. The van der Waals surface area contributed by atoms with Crippen LogP contribution < -0.4 is 5.73 Å². The Morgan fingerprint density at radius 1 is 1.35 bits per heavy atom. The second kappa shape index (κ2) is 5.45. The summed E-state index contributed by atoms with van der Waals surface area (Å²) in [5, 5.41) is 0. The van der Waals surface area contributed by atoms with Gasteiger partial charge in [0.1, 0.15) is 16.5 Å². The van der Waals surface area contributed by atoms with Crippen LogP contribution in [0.25, 0.3) is 0 Å². The van der Waals surface area contributed by atoms with Gasteiger partial charge in [0.15, 0.2) is 0 Å². The lowest BCUT2D eigenvalue weighted by Gasteiger charge is -2.30. The summed E-state index contributed by atoms with van der Waals surface area (Å²) in [5.41, 5.74) is 5.18. The summed E-state index contributed by atoms with van der Waals surface area (Å²) in [6.45, 7) is 0.109. The van der Waals surface area contributed by atoms with Crippen LogP contribution in [-0.2, 0) is 14.8 Å². The Morgan fingerprint density at radius 3 is 2.65 bits per heavy atom. The molecule has 110 valence electrons. The first kappa shape index (κ1) is 14.9. The number of hydrogen-bond acceptors (Lipinski definition) is 3. The number of amides is 1. The zero-order valence-corrected chi connectivity index (χ0v) is 11.4. The van der Waals surface area contributed by atoms with Crippen molar-refractivity contribution >= 4 is 15.9 Å². The Morgan fingerprint density at radius 2 is 2.05 bits per heavy atom. The maximum atomic E-state index is 13.6. The van der Waals surface area contributed by atoms with E-state index in [1.54, 1.807) is 0 Å². The van der Waals surface area contributed by atoms with Crippen LogP contribution in [0.2, 0.25) is 0 Å². The predicted octanol–water partition coefficient (Wildman–Crippen LogP) is 0.851. The third-order valence-corrected chi connectivity index (χ3v) is 5.20. The molecule has 0 spiro atoms. The van der Waals surface area contributed by atoms with Gasteiger partial charge in [-0.05, 0) is 25.0 Å². The molecule has 2 N–H and O–H groups in total. The molecule has 2 rings (SSSR count). The summed E-state index contributed by atoms with van der Waals surface area (Å²) in [6, 6.07) is 2.28. The van der Waals surface area contributed by atoms with Gasteiger partial charge in [-0.1, -0.05) is 0 Å². The number of halogens is 2. The number of benzene rings is 1. The molecule has 1 aromatic carbocycles. The molecule has 0 aromatic heterocycles. The van der Waals surface area contributed by atoms with Crippen LogP contribution in [0.5, 0.6) is 0 Å². The van der Waals surface area contributed by atoms with Crippen LogP contribution in [0, 0.1) is 17.6 Å². The molecule has 1 heterocycles. The molecule has 1 aliphatic heterocycles. The number of carbonyl (C=O) groups excluding carboxylic acids is 1. The normalized spacial score (nSPS) is 20.8. The summed E-state index contributed by atoms with van der Waals surface area (Å²) in [4.78, 5) is 10.6. The number of primary amides is 1. The van der Waals surface area contributed by atoms with Crippen LogP contribution in [0.1, 0.15) is 12.8 Å². The van der Waals surface area contributed by atoms with Crippen molar-refractivity contribution in [3.63, 3.8) is 0 Å². The molecule has 5 nitrogen and oxygen atoms in total. The Labute approximate surface area is 115 Å². The highest BCUT2D eigenvalue weighted by Crippen LogP contribution is 2.25. The smallest absolute Gasteiger partial charge is 0.246 e. The van der Waals surface area contributed by atoms with Crippen molar-refractivity contribution in [1.29, 1.82) is 0 Å². The molecule has 20 heavy (non-hydrogen) atoms. The number of hydrogen-bond donors (Lipinski definition) is 1. The lowest BCUT2D eigenvalue weighted by atomic mass is 9.99. The van der Waals surface area contributed by atoms with Gasteiger partial charge in [-0.25, -0.2) is 17.2 Å². The predicted molar refractivity (Wildman–Crippen MR) is 67.0 cm³/mol. The molecule has 0 saturated carbocycles. The Bertz CT molecular complexity index is 634. The van der Waals surface area contributed by atoms with E-state index in [4.69, 9.17) is 5.73 Å². The molecular weight excluding hydrogens is 290 g/mol. The maximum Gasteiger partial charge on any atom is 0.246 e. The molecule has 1 atom stereocenters. The molecule has 1 fully saturated rings. The summed E-state index contributed by atoms with van der Waals surface area (Å²) in [6.07, 6.45) is 0.975. The van der Waals surface area contributed by atoms with E-state index in [1.807, 2.05) is 0 Å². The summed E-state index contributed by atoms with van der Waals surface area (Å²) < 4.78 is 52.1. The van der Waals surface area contributed by atoms with Gasteiger partial charge in [0, 0.05) is 19.2 Å². The fourth-order valence-electron chi connectivity index (χ4n) is 2.22. The molecule has 0 aliphatic carbocycles. The van der Waals surface area contributed by atoms with Gasteiger partial charge in [-0.15, -0.1) is 0 Å². The molecule has 1 unspecified atom stereocenters. The second-order valence-corrected chi connectivity index (χ2v) is 6.59. The van der Waals surface area contributed by atoms with Crippen molar-refractivity contribution < 1.29 is 22.0 Å². The molecule has 8 heteroatoms. The fourth-order valence-corrected chi connectivity index (χ4v) is 3.79. The van der Waals surface area contributed by atoms with E-state index in [9.17, 15) is 22.0 Å². The number of sulfonamides is 1. The third kappa shape index (κ3) is 2.80. The summed E-state index contributed by atoms with van der Waals surface area (Å²) in [5.74, 6) is -3.16. The van der Waals surface area contributed by atoms with Gasteiger partial charge in [0.05, 0.1) is 5.92 Å². The van der Waals surface area contributed by atoms with Gasteiger partial charge in [-0.3, -0.25) is 4.79 Å². The largest absolute Gasteiger partial charge is 0.369 e. The number of nitrogens with zero attached hydrogens (tertiary/aromatic N) is 1. The zero-order valence-electron chi connectivity index (χ0n) is 10.6. The lowest BCUT2D eigenvalue weighted by molar-refractivity contribution is -0.122. The highest BCUT2D eigenvalue weighted by atomic mass is 32.2. The quantitative estimate of drug-likeness (QED) is 0.899. The second-order valence-electron chi connectivity index (χ2n) is 4.68. The SMILES string of the molecule is NC(=O)C1CCCN(S(=O)(=O)c2ccc(F)cc2F)C1. The van der Waals surface area contributed by atoms with Gasteiger partial charge in [0.25, 0.3) is 0 Å². The zero-order chi connectivity index (χ0) is 14.9. The van der Waals surface area contributed by atoms with Crippen LogP contribution in [0.4, 0.5) is 8.78 Å². The van der Waals surface area contributed by atoms with Gasteiger partial charge >= 0.3 is 0 Å². The fraction of sp³-hybridized carbons (Fsp3) is 0.417. The van der Waals surface area contributed by atoms with Crippen molar-refractivity contribution in [2.75, 3.05) is 13.1 Å². The van der Waals surface area contributed by atoms with Crippen LogP contribution in [0.15, 0.2) is 23.1 Å². The van der Waals surface area contributed by atoms with E-state index in [-0.39, 0.29) is 13.1 Å². The Kier molecular flexibility index (Phi) is 4.05. The van der Waals surface area contributed by atoms with E-state index in [0.29, 0.717) is 18.9 Å². The number of rotatable bonds is 3. The first-order valence-corrected chi connectivity index (χ1v) is 7.51. The minimum Gasteiger partial charge on any atom is -0.369 e. The number of carbonyl (C=O) groups is 1. The minimum absolute atomic E-state index is 0.0749. The van der Waals surface area contributed by atoms with Crippen molar-refractivity contribution in [3.8, 4) is 0 Å². The average Bonchev–Trinajstić information content (AvgIpc) is 2.38. The summed E-state index contributed by atoms with van der Waals surface area (Å²) in [7, 11) is -4.09. The number of nitrogens with two attached hydrogens (primary N) is 1. The van der Waals surface area contributed by atoms with Crippen LogP contribution in [0.3, 0.4) is 0 Å². The molecule has 1 amide bonds. The van der Waals surface area contributed by atoms with Crippen molar-refractivity contribution in [2.24, 2.45) is 11.7 Å². The van der Waals surface area contributed by atoms with E-state index < -0.39 is 38.4 Å². The van der Waals surface area contributed by atoms with Crippen molar-refractivity contribution in [1.82, 2.24) is 4.31 Å². The van der Waals surface area contributed by atoms with Crippen LogP contribution in [-0.4, -0.2) is 31.7 Å². The van der Waals surface area contributed by atoms with E-state index >= 15 is 0 Å². The molecule has 1 aliphatic rings. The lowest BCUT2D eigenvalue weighted by Crippen LogP contribution is -2.44. The number of piperidine rings is 1. The van der Waals surface area contributed by atoms with Gasteiger partial charge < -0.3 is 5.73 Å².